The zero-order valence-electron chi connectivity index (χ0n) is 9.10. The van der Waals surface area contributed by atoms with Crippen LogP contribution in [0.3, 0.4) is 0 Å². The van der Waals surface area contributed by atoms with Gasteiger partial charge in [-0.2, -0.15) is 0 Å². The first-order valence-electron chi connectivity index (χ1n) is 5.02. The number of hydrogen-bond donors (Lipinski definition) is 3. The first-order chi connectivity index (χ1) is 8.16. The Morgan fingerprint density at radius 3 is 2.88 bits per heavy atom. The number of rotatable bonds is 3. The highest BCUT2D eigenvalue weighted by Crippen LogP contribution is 2.13. The molecule has 2 aromatic rings. The van der Waals surface area contributed by atoms with E-state index < -0.39 is 11.2 Å². The van der Waals surface area contributed by atoms with E-state index in [2.05, 4.69) is 25.5 Å². The van der Waals surface area contributed by atoms with Crippen LogP contribution < -0.4 is 16.6 Å². The topological polar surface area (TPSA) is 104 Å². The molecule has 0 aliphatic rings. The zero-order valence-corrected chi connectivity index (χ0v) is 9.10. The predicted molar refractivity (Wildman–Crippen MR) is 61.8 cm³/mol. The Labute approximate surface area is 95.9 Å². The minimum atomic E-state index is -0.630. The molecule has 1 unspecified atom stereocenters. The number of nitrogens with zero attached hydrogens (tertiary/aromatic N) is 2. The van der Waals surface area contributed by atoms with Crippen LogP contribution in [0, 0.1) is 0 Å². The van der Waals surface area contributed by atoms with E-state index >= 15 is 0 Å². The summed E-state index contributed by atoms with van der Waals surface area (Å²) in [6, 6.07) is 3.55. The molecule has 0 saturated carbocycles. The van der Waals surface area contributed by atoms with Crippen LogP contribution in [0.1, 0.15) is 18.5 Å². The highest BCUT2D eigenvalue weighted by atomic mass is 16.2. The van der Waals surface area contributed by atoms with E-state index in [-0.39, 0.29) is 11.9 Å². The molecule has 0 spiro atoms. The number of nitrogens with one attached hydrogen (secondary N) is 3. The molecule has 7 nitrogen and oxygen atoms in total. The standard InChI is InChI=1S/C10H11N5O2/c1-6(7-3-2-4-11-5-7)12-8-9(16)13-10(17)15-14-8/h2-6H,1H3,(H,12,14)(H2,13,15,16,17). The van der Waals surface area contributed by atoms with Crippen LogP contribution in [-0.4, -0.2) is 20.2 Å². The van der Waals surface area contributed by atoms with Crippen molar-refractivity contribution in [3.63, 3.8) is 0 Å². The molecule has 88 valence electrons. The van der Waals surface area contributed by atoms with Gasteiger partial charge in [0, 0.05) is 12.4 Å². The van der Waals surface area contributed by atoms with E-state index in [1.165, 1.54) is 0 Å². The van der Waals surface area contributed by atoms with Crippen molar-refractivity contribution in [2.24, 2.45) is 0 Å². The fraction of sp³-hybridized carbons (Fsp3) is 0.200. The number of pyridine rings is 1. The van der Waals surface area contributed by atoms with Crippen LogP contribution in [0.2, 0.25) is 0 Å². The minimum absolute atomic E-state index is 0.0703. The van der Waals surface area contributed by atoms with Crippen LogP contribution in [-0.2, 0) is 0 Å². The lowest BCUT2D eigenvalue weighted by Crippen LogP contribution is -2.27. The van der Waals surface area contributed by atoms with Crippen molar-refractivity contribution in [2.45, 2.75) is 13.0 Å². The first kappa shape index (κ1) is 11.1. The summed E-state index contributed by atoms with van der Waals surface area (Å²) in [5.41, 5.74) is -0.265. The molecule has 0 aromatic carbocycles. The van der Waals surface area contributed by atoms with Gasteiger partial charge in [-0.05, 0) is 18.6 Å². The van der Waals surface area contributed by atoms with Gasteiger partial charge in [-0.25, -0.2) is 9.89 Å². The fourth-order valence-electron chi connectivity index (χ4n) is 1.37. The largest absolute Gasteiger partial charge is 0.357 e. The minimum Gasteiger partial charge on any atom is -0.357 e. The Morgan fingerprint density at radius 2 is 2.24 bits per heavy atom. The predicted octanol–water partition coefficient (Wildman–Crippen LogP) is 0.0263. The summed E-state index contributed by atoms with van der Waals surface area (Å²) in [7, 11) is 0. The molecular formula is C10H11N5O2. The van der Waals surface area contributed by atoms with E-state index in [0.29, 0.717) is 0 Å². The summed E-state index contributed by atoms with van der Waals surface area (Å²) in [5.74, 6) is 0.0703. The van der Waals surface area contributed by atoms with Crippen LogP contribution >= 0.6 is 0 Å². The highest BCUT2D eigenvalue weighted by molar-refractivity contribution is 5.33. The monoisotopic (exact) mass is 233 g/mol. The van der Waals surface area contributed by atoms with Crippen molar-refractivity contribution in [3.8, 4) is 0 Å². The Hall–Kier alpha value is -2.44. The third kappa shape index (κ3) is 2.57. The smallest absolute Gasteiger partial charge is 0.342 e. The zero-order chi connectivity index (χ0) is 12.3. The molecule has 2 aromatic heterocycles. The van der Waals surface area contributed by atoms with Gasteiger partial charge in [0.05, 0.1) is 6.04 Å². The molecular weight excluding hydrogens is 222 g/mol. The molecule has 0 aliphatic carbocycles. The molecule has 0 saturated heterocycles. The molecule has 2 rings (SSSR count). The van der Waals surface area contributed by atoms with E-state index in [1.807, 2.05) is 13.0 Å². The fourth-order valence-corrected chi connectivity index (χ4v) is 1.37. The molecule has 1 atom stereocenters. The maximum Gasteiger partial charge on any atom is 0.342 e. The van der Waals surface area contributed by atoms with E-state index in [1.54, 1.807) is 18.5 Å². The molecule has 0 bridgehead atoms. The molecule has 0 amide bonds. The van der Waals surface area contributed by atoms with E-state index in [9.17, 15) is 9.59 Å². The summed E-state index contributed by atoms with van der Waals surface area (Å²) in [6.45, 7) is 1.86. The van der Waals surface area contributed by atoms with Gasteiger partial charge in [0.15, 0.2) is 0 Å². The molecule has 3 N–H and O–H groups in total. The number of aromatic nitrogens is 4. The maximum atomic E-state index is 11.4. The van der Waals surface area contributed by atoms with Gasteiger partial charge in [0.25, 0.3) is 5.56 Å². The summed E-state index contributed by atoms with van der Waals surface area (Å²) < 4.78 is 0. The van der Waals surface area contributed by atoms with Crippen molar-refractivity contribution in [2.75, 3.05) is 5.32 Å². The third-order valence-corrected chi connectivity index (χ3v) is 2.25. The number of aromatic amines is 2. The van der Waals surface area contributed by atoms with Gasteiger partial charge in [0.2, 0.25) is 5.82 Å². The quantitative estimate of drug-likeness (QED) is 0.693. The van der Waals surface area contributed by atoms with Gasteiger partial charge in [-0.1, -0.05) is 6.07 Å². The molecule has 0 radical (unpaired) electrons. The second-order valence-electron chi connectivity index (χ2n) is 3.51. The highest BCUT2D eigenvalue weighted by Gasteiger charge is 2.08. The lowest BCUT2D eigenvalue weighted by Gasteiger charge is -2.12. The molecule has 17 heavy (non-hydrogen) atoms. The second kappa shape index (κ2) is 4.60. The number of H-pyrrole nitrogens is 2. The summed E-state index contributed by atoms with van der Waals surface area (Å²) in [4.78, 5) is 28.2. The third-order valence-electron chi connectivity index (χ3n) is 2.25. The summed E-state index contributed by atoms with van der Waals surface area (Å²) in [6.07, 6.45) is 3.36. The lowest BCUT2D eigenvalue weighted by molar-refractivity contribution is 0.822. The first-order valence-corrected chi connectivity index (χ1v) is 5.02. The Morgan fingerprint density at radius 1 is 1.41 bits per heavy atom. The van der Waals surface area contributed by atoms with Crippen molar-refractivity contribution in [1.29, 1.82) is 0 Å². The van der Waals surface area contributed by atoms with Crippen molar-refractivity contribution >= 4 is 5.82 Å². The van der Waals surface area contributed by atoms with Gasteiger partial charge < -0.3 is 5.32 Å². The average molecular weight is 233 g/mol. The van der Waals surface area contributed by atoms with Crippen LogP contribution in [0.15, 0.2) is 34.1 Å². The van der Waals surface area contributed by atoms with Gasteiger partial charge in [-0.15, -0.1) is 5.10 Å². The van der Waals surface area contributed by atoms with Gasteiger partial charge in [-0.3, -0.25) is 14.8 Å². The Balaban J connectivity index is 2.22. The summed E-state index contributed by atoms with van der Waals surface area (Å²) in [5, 5.41) is 8.68. The maximum absolute atomic E-state index is 11.4. The molecule has 0 aliphatic heterocycles. The Bertz CT molecular complexity index is 604. The lowest BCUT2D eigenvalue weighted by atomic mass is 10.1. The molecule has 7 heteroatoms. The summed E-state index contributed by atoms with van der Waals surface area (Å²) >= 11 is 0. The number of anilines is 1. The Kier molecular flexibility index (Phi) is 2.99. The normalized spacial score (nSPS) is 12.1. The van der Waals surface area contributed by atoms with Crippen LogP contribution in [0.5, 0.6) is 0 Å². The van der Waals surface area contributed by atoms with E-state index in [0.717, 1.165) is 5.56 Å². The van der Waals surface area contributed by atoms with Crippen molar-refractivity contribution < 1.29 is 0 Å². The molecule has 2 heterocycles. The van der Waals surface area contributed by atoms with E-state index in [4.69, 9.17) is 0 Å². The van der Waals surface area contributed by atoms with Crippen molar-refractivity contribution in [1.82, 2.24) is 20.2 Å². The van der Waals surface area contributed by atoms with Crippen LogP contribution in [0.25, 0.3) is 0 Å². The van der Waals surface area contributed by atoms with Gasteiger partial charge in [0.1, 0.15) is 0 Å². The van der Waals surface area contributed by atoms with Crippen LogP contribution in [0.4, 0.5) is 5.82 Å². The van der Waals surface area contributed by atoms with Crippen molar-refractivity contribution in [3.05, 3.63) is 50.9 Å². The molecule has 0 fully saturated rings. The van der Waals surface area contributed by atoms with Gasteiger partial charge >= 0.3 is 5.69 Å². The second-order valence-corrected chi connectivity index (χ2v) is 3.51. The number of hydrogen-bond acceptors (Lipinski definition) is 5. The average Bonchev–Trinajstić information content (AvgIpc) is 2.34. The SMILES string of the molecule is CC(Nc1n[nH]c(=O)[nH]c1=O)c1cccnc1.